The first kappa shape index (κ1) is 21.9. The van der Waals surface area contributed by atoms with Crippen LogP contribution in [-0.4, -0.2) is 23.0 Å². The van der Waals surface area contributed by atoms with E-state index in [0.29, 0.717) is 23.5 Å². The predicted octanol–water partition coefficient (Wildman–Crippen LogP) is 5.50. The van der Waals surface area contributed by atoms with Crippen LogP contribution in [0.4, 0.5) is 10.2 Å². The van der Waals surface area contributed by atoms with Crippen LogP contribution in [0.25, 0.3) is 17.3 Å². The Bertz CT molecular complexity index is 1260. The number of nitrogens with one attached hydrogen (secondary N) is 1. The van der Waals surface area contributed by atoms with Gasteiger partial charge in [-0.15, -0.1) is 0 Å². The number of esters is 1. The van der Waals surface area contributed by atoms with Gasteiger partial charge in [-0.2, -0.15) is 0 Å². The van der Waals surface area contributed by atoms with Crippen LogP contribution in [-0.2, 0) is 16.0 Å². The molecule has 0 amide bonds. The summed E-state index contributed by atoms with van der Waals surface area (Å²) in [7, 11) is 1.30. The maximum atomic E-state index is 13.3. The maximum Gasteiger partial charge on any atom is 0.354 e. The van der Waals surface area contributed by atoms with E-state index in [4.69, 9.17) is 9.72 Å². The van der Waals surface area contributed by atoms with Crippen LogP contribution in [0.2, 0.25) is 0 Å². The van der Waals surface area contributed by atoms with Gasteiger partial charge in [0.05, 0.1) is 24.7 Å². The highest BCUT2D eigenvalue weighted by atomic mass is 19.1. The van der Waals surface area contributed by atoms with Crippen molar-refractivity contribution in [1.82, 2.24) is 9.97 Å². The van der Waals surface area contributed by atoms with Gasteiger partial charge in [0.1, 0.15) is 11.5 Å². The van der Waals surface area contributed by atoms with Crippen molar-refractivity contribution in [3.63, 3.8) is 0 Å². The highest BCUT2D eigenvalue weighted by Gasteiger charge is 2.16. The molecule has 0 atom stereocenters. The van der Waals surface area contributed by atoms with Crippen molar-refractivity contribution in [3.05, 3.63) is 119 Å². The number of hydrogen-bond acceptors (Lipinski definition) is 5. The molecule has 0 aliphatic rings. The third-order valence-electron chi connectivity index (χ3n) is 4.97. The van der Waals surface area contributed by atoms with Crippen LogP contribution in [0.1, 0.15) is 16.8 Å². The van der Waals surface area contributed by atoms with Crippen molar-refractivity contribution < 1.29 is 13.9 Å². The summed E-state index contributed by atoms with van der Waals surface area (Å²) >= 11 is 0. The number of ether oxygens (including phenoxy) is 1. The number of anilines is 1. The normalized spacial score (nSPS) is 11.2. The number of aromatic nitrogens is 2. The topological polar surface area (TPSA) is 64.1 Å². The number of rotatable bonds is 7. The second-order valence-corrected chi connectivity index (χ2v) is 7.31. The predicted molar refractivity (Wildman–Crippen MR) is 127 cm³/mol. The van der Waals surface area contributed by atoms with E-state index in [-0.39, 0.29) is 11.5 Å². The van der Waals surface area contributed by atoms with Gasteiger partial charge < -0.3 is 10.1 Å². The Hall–Kier alpha value is -4.32. The lowest BCUT2D eigenvalue weighted by Crippen LogP contribution is -2.16. The number of methoxy groups -OCH3 is 1. The van der Waals surface area contributed by atoms with Crippen molar-refractivity contribution in [3.8, 4) is 11.3 Å². The fourth-order valence-electron chi connectivity index (χ4n) is 3.30. The Morgan fingerprint density at radius 2 is 1.64 bits per heavy atom. The first-order valence-corrected chi connectivity index (χ1v) is 10.4. The van der Waals surface area contributed by atoms with E-state index < -0.39 is 5.97 Å². The van der Waals surface area contributed by atoms with E-state index >= 15 is 0 Å². The lowest BCUT2D eigenvalue weighted by atomic mass is 10.1. The number of carbonyl (C=O) groups is 1. The van der Waals surface area contributed by atoms with E-state index in [9.17, 15) is 9.18 Å². The zero-order valence-corrected chi connectivity index (χ0v) is 18.0. The average molecular weight is 439 g/mol. The Kier molecular flexibility index (Phi) is 6.85. The van der Waals surface area contributed by atoms with Crippen LogP contribution < -0.4 is 5.32 Å². The smallest absolute Gasteiger partial charge is 0.354 e. The van der Waals surface area contributed by atoms with Gasteiger partial charge in [0.25, 0.3) is 0 Å². The molecule has 164 valence electrons. The average Bonchev–Trinajstić information content (AvgIpc) is 2.86. The number of carbonyl (C=O) groups excluding carboxylic acids is 1. The second kappa shape index (κ2) is 10.3. The summed E-state index contributed by atoms with van der Waals surface area (Å²) in [4.78, 5) is 21.9. The summed E-state index contributed by atoms with van der Waals surface area (Å²) in [5, 5.41) is 3.08. The summed E-state index contributed by atoms with van der Waals surface area (Å²) in [5.74, 6) is -0.483. The quantitative estimate of drug-likeness (QED) is 0.304. The minimum absolute atomic E-state index is 0.167. The van der Waals surface area contributed by atoms with Gasteiger partial charge in [-0.05, 0) is 29.3 Å². The summed E-state index contributed by atoms with van der Waals surface area (Å²) < 4.78 is 18.2. The Morgan fingerprint density at radius 1 is 0.970 bits per heavy atom. The van der Waals surface area contributed by atoms with Gasteiger partial charge in [-0.25, -0.2) is 19.2 Å². The molecule has 3 aromatic carbocycles. The number of halogens is 1. The molecule has 0 radical (unpaired) electrons. The van der Waals surface area contributed by atoms with Gasteiger partial charge in [-0.3, -0.25) is 0 Å². The van der Waals surface area contributed by atoms with Crippen LogP contribution in [0.5, 0.6) is 0 Å². The van der Waals surface area contributed by atoms with Crippen molar-refractivity contribution in [1.29, 1.82) is 0 Å². The molecule has 1 N–H and O–H groups in total. The van der Waals surface area contributed by atoms with Gasteiger partial charge in [-0.1, -0.05) is 72.8 Å². The van der Waals surface area contributed by atoms with Crippen LogP contribution in [0, 0.1) is 5.82 Å². The van der Waals surface area contributed by atoms with Crippen molar-refractivity contribution in [2.45, 2.75) is 6.42 Å². The third kappa shape index (κ3) is 5.68. The van der Waals surface area contributed by atoms with Crippen LogP contribution in [0.3, 0.4) is 0 Å². The second-order valence-electron chi connectivity index (χ2n) is 7.31. The highest BCUT2D eigenvalue weighted by molar-refractivity contribution is 5.96. The molecule has 0 fully saturated rings. The van der Waals surface area contributed by atoms with Crippen molar-refractivity contribution in [2.75, 3.05) is 12.4 Å². The SMILES string of the molecule is COC(=O)/C(=C/c1ccc(F)cc1)Nc1ncc(-c2ccccc2)nc1Cc1ccccc1. The first-order chi connectivity index (χ1) is 16.1. The molecule has 1 aromatic heterocycles. The number of nitrogens with zero attached hydrogens (tertiary/aromatic N) is 2. The molecule has 0 saturated carbocycles. The van der Waals surface area contributed by atoms with E-state index in [0.717, 1.165) is 16.8 Å². The molecule has 0 unspecified atom stereocenters. The molecular formula is C27H22FN3O2. The molecule has 0 aliphatic carbocycles. The van der Waals surface area contributed by atoms with E-state index in [1.807, 2.05) is 60.7 Å². The molecule has 0 saturated heterocycles. The minimum atomic E-state index is -0.570. The van der Waals surface area contributed by atoms with E-state index in [2.05, 4.69) is 10.3 Å². The maximum absolute atomic E-state index is 13.3. The minimum Gasteiger partial charge on any atom is -0.464 e. The standard InChI is InChI=1S/C27H22FN3O2/c1-33-27(32)24(17-20-12-14-22(28)15-13-20)31-26-23(16-19-8-4-2-5-9-19)30-25(18-29-26)21-10-6-3-7-11-21/h2-15,17-18H,16H2,1H3,(H,29,31)/b24-17-. The fraction of sp³-hybridized carbons (Fsp3) is 0.0741. The van der Waals surface area contributed by atoms with Crippen molar-refractivity contribution in [2.24, 2.45) is 0 Å². The lowest BCUT2D eigenvalue weighted by molar-refractivity contribution is -0.135. The summed E-state index contributed by atoms with van der Waals surface area (Å²) in [6, 6.07) is 25.5. The van der Waals surface area contributed by atoms with Crippen LogP contribution in [0.15, 0.2) is 96.8 Å². The Morgan fingerprint density at radius 3 is 2.30 bits per heavy atom. The van der Waals surface area contributed by atoms with E-state index in [1.54, 1.807) is 24.4 Å². The molecule has 0 bridgehead atoms. The largest absolute Gasteiger partial charge is 0.464 e. The molecule has 33 heavy (non-hydrogen) atoms. The van der Waals surface area contributed by atoms with Gasteiger partial charge >= 0.3 is 5.97 Å². The summed E-state index contributed by atoms with van der Waals surface area (Å²) in [5.41, 5.74) is 4.22. The Balaban J connectivity index is 1.73. The van der Waals surface area contributed by atoms with Gasteiger partial charge in [0.2, 0.25) is 0 Å². The molecule has 4 rings (SSSR count). The zero-order valence-electron chi connectivity index (χ0n) is 18.0. The molecular weight excluding hydrogens is 417 g/mol. The molecule has 0 spiro atoms. The number of hydrogen-bond donors (Lipinski definition) is 1. The fourth-order valence-corrected chi connectivity index (χ4v) is 3.30. The molecule has 4 aromatic rings. The molecule has 6 heteroatoms. The first-order valence-electron chi connectivity index (χ1n) is 10.4. The summed E-state index contributed by atoms with van der Waals surface area (Å²) in [6.45, 7) is 0. The molecule has 0 aliphatic heterocycles. The van der Waals surface area contributed by atoms with E-state index in [1.165, 1.54) is 19.2 Å². The molecule has 1 heterocycles. The van der Waals surface area contributed by atoms with Gasteiger partial charge in [0.15, 0.2) is 5.82 Å². The Labute approximate surface area is 191 Å². The monoisotopic (exact) mass is 439 g/mol. The molecule has 5 nitrogen and oxygen atoms in total. The summed E-state index contributed by atoms with van der Waals surface area (Å²) in [6.07, 6.45) is 3.77. The van der Waals surface area contributed by atoms with Gasteiger partial charge in [0, 0.05) is 12.0 Å². The highest BCUT2D eigenvalue weighted by Crippen LogP contribution is 2.23. The third-order valence-corrected chi connectivity index (χ3v) is 4.97. The zero-order chi connectivity index (χ0) is 23.0. The van der Waals surface area contributed by atoms with Crippen molar-refractivity contribution >= 4 is 17.9 Å². The van der Waals surface area contributed by atoms with Crippen LogP contribution >= 0.6 is 0 Å². The number of benzene rings is 3. The lowest BCUT2D eigenvalue weighted by Gasteiger charge is -2.14.